The molecular formula is C15H14N2O4S. The van der Waals surface area contributed by atoms with Crippen LogP contribution in [0.25, 0.3) is 21.5 Å². The van der Waals surface area contributed by atoms with Gasteiger partial charge in [0.2, 0.25) is 5.43 Å². The highest BCUT2D eigenvalue weighted by molar-refractivity contribution is 7.17. The molecule has 4 rings (SSSR count). The summed E-state index contributed by atoms with van der Waals surface area (Å²) in [5, 5.41) is 5.90. The van der Waals surface area contributed by atoms with Crippen molar-refractivity contribution in [1.82, 2.24) is 5.16 Å². The summed E-state index contributed by atoms with van der Waals surface area (Å²) in [4.78, 5) is 14.4. The molecule has 6 nitrogen and oxygen atoms in total. The SMILES string of the molecule is Cc1cc(-c2csc3c(=O)cc(N4CCOCC4)oc23)no1. The van der Waals surface area contributed by atoms with Crippen molar-refractivity contribution in [3.05, 3.63) is 33.5 Å². The van der Waals surface area contributed by atoms with Gasteiger partial charge in [0, 0.05) is 30.6 Å². The number of thiophene rings is 1. The lowest BCUT2D eigenvalue weighted by Gasteiger charge is -2.27. The zero-order chi connectivity index (χ0) is 15.1. The molecule has 0 saturated carbocycles. The molecule has 0 aliphatic carbocycles. The van der Waals surface area contributed by atoms with Crippen LogP contribution in [0.4, 0.5) is 5.88 Å². The number of aryl methyl sites for hydroxylation is 1. The molecule has 0 bridgehead atoms. The molecule has 3 aromatic heterocycles. The van der Waals surface area contributed by atoms with Crippen molar-refractivity contribution in [3.8, 4) is 11.3 Å². The van der Waals surface area contributed by atoms with Gasteiger partial charge in [-0.3, -0.25) is 4.79 Å². The average molecular weight is 318 g/mol. The summed E-state index contributed by atoms with van der Waals surface area (Å²) < 4.78 is 17.1. The third-order valence-electron chi connectivity index (χ3n) is 3.66. The van der Waals surface area contributed by atoms with Crippen molar-refractivity contribution in [2.75, 3.05) is 31.2 Å². The Hall–Kier alpha value is -2.12. The molecule has 0 atom stereocenters. The quantitative estimate of drug-likeness (QED) is 0.723. The number of ether oxygens (including phenoxy) is 1. The van der Waals surface area contributed by atoms with Gasteiger partial charge in [0.15, 0.2) is 11.5 Å². The predicted molar refractivity (Wildman–Crippen MR) is 83.6 cm³/mol. The van der Waals surface area contributed by atoms with Crippen LogP contribution in [0.15, 0.2) is 31.2 Å². The molecule has 114 valence electrons. The van der Waals surface area contributed by atoms with Crippen LogP contribution in [0, 0.1) is 6.92 Å². The second-order valence-corrected chi connectivity index (χ2v) is 6.06. The molecule has 0 amide bonds. The number of aromatic nitrogens is 1. The van der Waals surface area contributed by atoms with Crippen LogP contribution in [0.5, 0.6) is 0 Å². The Labute approximate surface area is 129 Å². The van der Waals surface area contributed by atoms with E-state index in [1.807, 2.05) is 23.3 Å². The van der Waals surface area contributed by atoms with Crippen LogP contribution in [0.2, 0.25) is 0 Å². The fourth-order valence-electron chi connectivity index (χ4n) is 2.54. The van der Waals surface area contributed by atoms with Gasteiger partial charge >= 0.3 is 0 Å². The Morgan fingerprint density at radius 2 is 2.09 bits per heavy atom. The first-order valence-corrected chi connectivity index (χ1v) is 7.92. The molecule has 1 saturated heterocycles. The van der Waals surface area contributed by atoms with E-state index in [9.17, 15) is 4.79 Å². The Balaban J connectivity index is 1.86. The van der Waals surface area contributed by atoms with Gasteiger partial charge in [0.25, 0.3) is 0 Å². The summed E-state index contributed by atoms with van der Waals surface area (Å²) in [7, 11) is 0. The minimum Gasteiger partial charge on any atom is -0.439 e. The fraction of sp³-hybridized carbons (Fsp3) is 0.333. The van der Waals surface area contributed by atoms with Crippen molar-refractivity contribution < 1.29 is 13.7 Å². The molecule has 0 unspecified atom stereocenters. The topological polar surface area (TPSA) is 68.7 Å². The molecule has 1 aliphatic heterocycles. The van der Waals surface area contributed by atoms with Crippen molar-refractivity contribution in [1.29, 1.82) is 0 Å². The number of nitrogens with zero attached hydrogens (tertiary/aromatic N) is 2. The smallest absolute Gasteiger partial charge is 0.204 e. The molecule has 3 aromatic rings. The molecule has 1 aliphatic rings. The summed E-state index contributed by atoms with van der Waals surface area (Å²) in [5.41, 5.74) is 2.03. The normalized spacial score (nSPS) is 15.6. The van der Waals surface area contributed by atoms with E-state index < -0.39 is 0 Å². The summed E-state index contributed by atoms with van der Waals surface area (Å²) in [6, 6.07) is 3.39. The van der Waals surface area contributed by atoms with E-state index in [4.69, 9.17) is 13.7 Å². The van der Waals surface area contributed by atoms with Gasteiger partial charge in [0.05, 0.1) is 18.8 Å². The molecule has 1 fully saturated rings. The summed E-state index contributed by atoms with van der Waals surface area (Å²) >= 11 is 1.37. The molecule has 0 spiro atoms. The fourth-order valence-corrected chi connectivity index (χ4v) is 3.44. The molecule has 0 aromatic carbocycles. The second-order valence-electron chi connectivity index (χ2n) is 5.18. The first-order chi connectivity index (χ1) is 10.7. The Kier molecular flexibility index (Phi) is 3.24. The van der Waals surface area contributed by atoms with Crippen molar-refractivity contribution in [2.24, 2.45) is 0 Å². The number of hydrogen-bond donors (Lipinski definition) is 0. The van der Waals surface area contributed by atoms with E-state index in [-0.39, 0.29) is 5.43 Å². The Morgan fingerprint density at radius 3 is 2.82 bits per heavy atom. The van der Waals surface area contributed by atoms with Gasteiger partial charge in [-0.2, -0.15) is 0 Å². The zero-order valence-corrected chi connectivity index (χ0v) is 12.8. The Bertz CT molecular complexity index is 873. The molecule has 22 heavy (non-hydrogen) atoms. The van der Waals surface area contributed by atoms with Gasteiger partial charge in [-0.05, 0) is 6.92 Å². The lowest BCUT2D eigenvalue weighted by molar-refractivity contribution is 0.121. The van der Waals surface area contributed by atoms with Crippen molar-refractivity contribution in [2.45, 2.75) is 6.92 Å². The summed E-state index contributed by atoms with van der Waals surface area (Å²) in [6.45, 7) is 4.55. The highest BCUT2D eigenvalue weighted by Crippen LogP contribution is 2.34. The molecule has 4 heterocycles. The van der Waals surface area contributed by atoms with Crippen LogP contribution >= 0.6 is 11.3 Å². The predicted octanol–water partition coefficient (Wildman–Crippen LogP) is 2.65. The van der Waals surface area contributed by atoms with E-state index in [1.165, 1.54) is 11.3 Å². The van der Waals surface area contributed by atoms with Crippen LogP contribution < -0.4 is 10.3 Å². The monoisotopic (exact) mass is 318 g/mol. The average Bonchev–Trinajstić information content (AvgIpc) is 3.14. The highest BCUT2D eigenvalue weighted by Gasteiger charge is 2.19. The van der Waals surface area contributed by atoms with E-state index in [0.29, 0.717) is 35.1 Å². The Morgan fingerprint density at radius 1 is 1.27 bits per heavy atom. The maximum atomic E-state index is 12.3. The number of morpholine rings is 1. The highest BCUT2D eigenvalue weighted by atomic mass is 32.1. The van der Waals surface area contributed by atoms with E-state index >= 15 is 0 Å². The van der Waals surface area contributed by atoms with Gasteiger partial charge in [-0.15, -0.1) is 11.3 Å². The number of rotatable bonds is 2. The first kappa shape index (κ1) is 13.5. The molecule has 7 heteroatoms. The van der Waals surface area contributed by atoms with Gasteiger partial charge in [-0.1, -0.05) is 5.16 Å². The van der Waals surface area contributed by atoms with Crippen LogP contribution in [-0.4, -0.2) is 31.5 Å². The standard InChI is InChI=1S/C15H14N2O4S/c1-9-6-11(16-21-9)10-8-22-15-12(18)7-13(20-14(10)15)17-2-4-19-5-3-17/h6-8H,2-5H2,1H3. The van der Waals surface area contributed by atoms with Gasteiger partial charge < -0.3 is 18.6 Å². The third-order valence-corrected chi connectivity index (χ3v) is 4.63. The number of hydrogen-bond acceptors (Lipinski definition) is 7. The minimum absolute atomic E-state index is 0.0285. The molecule has 0 N–H and O–H groups in total. The maximum absolute atomic E-state index is 12.3. The van der Waals surface area contributed by atoms with Crippen LogP contribution in [0.3, 0.4) is 0 Å². The van der Waals surface area contributed by atoms with E-state index in [2.05, 4.69) is 5.16 Å². The lowest BCUT2D eigenvalue weighted by atomic mass is 10.2. The van der Waals surface area contributed by atoms with E-state index in [0.717, 1.165) is 24.4 Å². The first-order valence-electron chi connectivity index (χ1n) is 7.04. The minimum atomic E-state index is -0.0285. The zero-order valence-electron chi connectivity index (χ0n) is 12.0. The van der Waals surface area contributed by atoms with Crippen LogP contribution in [0.1, 0.15) is 5.76 Å². The van der Waals surface area contributed by atoms with Crippen molar-refractivity contribution >= 4 is 27.5 Å². The summed E-state index contributed by atoms with van der Waals surface area (Å²) in [6.07, 6.45) is 0. The number of anilines is 1. The largest absolute Gasteiger partial charge is 0.439 e. The van der Waals surface area contributed by atoms with Crippen molar-refractivity contribution in [3.63, 3.8) is 0 Å². The van der Waals surface area contributed by atoms with Gasteiger partial charge in [-0.25, -0.2) is 0 Å². The lowest BCUT2D eigenvalue weighted by Crippen LogP contribution is -2.36. The number of fused-ring (bicyclic) bond motifs is 1. The molecular weight excluding hydrogens is 304 g/mol. The summed E-state index contributed by atoms with van der Waals surface area (Å²) in [5.74, 6) is 1.31. The molecule has 0 radical (unpaired) electrons. The van der Waals surface area contributed by atoms with Gasteiger partial charge in [0.1, 0.15) is 16.2 Å². The third kappa shape index (κ3) is 2.22. The van der Waals surface area contributed by atoms with E-state index in [1.54, 1.807) is 6.07 Å². The second kappa shape index (κ2) is 5.26. The maximum Gasteiger partial charge on any atom is 0.204 e. The van der Waals surface area contributed by atoms with Crippen LogP contribution in [-0.2, 0) is 4.74 Å².